The van der Waals surface area contributed by atoms with Gasteiger partial charge in [0.25, 0.3) is 0 Å². The number of Topliss-reactive ketones (excluding diaryl/α,β-unsaturated/α-hetero) is 1. The van der Waals surface area contributed by atoms with Crippen LogP contribution < -0.4 is 4.74 Å². The van der Waals surface area contributed by atoms with E-state index in [4.69, 9.17) is 4.74 Å². The second kappa shape index (κ2) is 4.01. The summed E-state index contributed by atoms with van der Waals surface area (Å²) in [6.07, 6.45) is 3.60. The van der Waals surface area contributed by atoms with E-state index in [0.717, 1.165) is 36.3 Å². The van der Waals surface area contributed by atoms with Crippen molar-refractivity contribution >= 4 is 5.78 Å². The van der Waals surface area contributed by atoms with Gasteiger partial charge in [-0.05, 0) is 37.8 Å². The molecular weight excluding hydrogens is 190 g/mol. The summed E-state index contributed by atoms with van der Waals surface area (Å²) in [5, 5.41) is 0. The molecular formula is C12H15NO2. The van der Waals surface area contributed by atoms with Gasteiger partial charge in [-0.15, -0.1) is 0 Å². The van der Waals surface area contributed by atoms with Gasteiger partial charge in [-0.3, -0.25) is 4.79 Å². The average molecular weight is 205 g/mol. The van der Waals surface area contributed by atoms with Crippen molar-refractivity contribution in [3.63, 3.8) is 0 Å². The van der Waals surface area contributed by atoms with Gasteiger partial charge in [-0.1, -0.05) is 0 Å². The number of rotatable bonds is 1. The Kier molecular flexibility index (Phi) is 2.71. The van der Waals surface area contributed by atoms with Crippen LogP contribution in [0, 0.1) is 6.92 Å². The highest BCUT2D eigenvalue weighted by Crippen LogP contribution is 2.25. The Labute approximate surface area is 89.5 Å². The van der Waals surface area contributed by atoms with Crippen LogP contribution in [0.25, 0.3) is 0 Å². The number of ether oxygens (including phenoxy) is 1. The van der Waals surface area contributed by atoms with Gasteiger partial charge in [-0.25, -0.2) is 4.98 Å². The largest absolute Gasteiger partial charge is 0.495 e. The van der Waals surface area contributed by atoms with Gasteiger partial charge in [0.05, 0.1) is 12.8 Å². The first-order valence-electron chi connectivity index (χ1n) is 5.30. The van der Waals surface area contributed by atoms with Gasteiger partial charge >= 0.3 is 0 Å². The van der Waals surface area contributed by atoms with E-state index in [-0.39, 0.29) is 5.78 Å². The normalized spacial score (nSPS) is 15.7. The Hall–Kier alpha value is -1.38. The fourth-order valence-electron chi connectivity index (χ4n) is 1.98. The molecule has 0 bridgehead atoms. The Morgan fingerprint density at radius 1 is 1.33 bits per heavy atom. The van der Waals surface area contributed by atoms with Crippen molar-refractivity contribution in [3.8, 4) is 5.75 Å². The molecule has 0 saturated heterocycles. The third-order valence-corrected chi connectivity index (χ3v) is 2.83. The van der Waals surface area contributed by atoms with E-state index in [1.807, 2.05) is 13.0 Å². The van der Waals surface area contributed by atoms with E-state index in [2.05, 4.69) is 4.98 Å². The van der Waals surface area contributed by atoms with E-state index in [0.29, 0.717) is 12.1 Å². The molecule has 1 aromatic heterocycles. The minimum Gasteiger partial charge on any atom is -0.495 e. The zero-order chi connectivity index (χ0) is 10.8. The summed E-state index contributed by atoms with van der Waals surface area (Å²) in [5.41, 5.74) is 2.50. The van der Waals surface area contributed by atoms with Crippen LogP contribution in [0.1, 0.15) is 41.0 Å². The summed E-state index contributed by atoms with van der Waals surface area (Å²) in [5.74, 6) is 0.955. The van der Waals surface area contributed by atoms with Gasteiger partial charge in [0.15, 0.2) is 5.78 Å². The van der Waals surface area contributed by atoms with E-state index in [1.54, 1.807) is 7.11 Å². The highest BCUT2D eigenvalue weighted by atomic mass is 16.5. The Bertz CT molecular complexity index is 399. The van der Waals surface area contributed by atoms with Crippen molar-refractivity contribution in [2.45, 2.75) is 32.6 Å². The minimum absolute atomic E-state index is 0.174. The van der Waals surface area contributed by atoms with Crippen LogP contribution in [0.15, 0.2) is 6.07 Å². The van der Waals surface area contributed by atoms with E-state index in [9.17, 15) is 4.79 Å². The molecule has 0 atom stereocenters. The van der Waals surface area contributed by atoms with Crippen molar-refractivity contribution < 1.29 is 9.53 Å². The quantitative estimate of drug-likeness (QED) is 0.660. The molecule has 0 aliphatic heterocycles. The van der Waals surface area contributed by atoms with Crippen LogP contribution in [0.3, 0.4) is 0 Å². The standard InChI is InChI=1S/C12H15NO2/c1-8-11(15-2)7-9-5-3-4-6-10(14)12(9)13-8/h7H,3-6H2,1-2H3. The average Bonchev–Trinajstić information content (AvgIpc) is 2.40. The van der Waals surface area contributed by atoms with Crippen LogP contribution >= 0.6 is 0 Å². The molecule has 0 N–H and O–H groups in total. The number of carbonyl (C=O) groups excluding carboxylic acids is 1. The molecule has 3 nitrogen and oxygen atoms in total. The summed E-state index contributed by atoms with van der Waals surface area (Å²) in [6.45, 7) is 1.87. The maximum Gasteiger partial charge on any atom is 0.181 e. The van der Waals surface area contributed by atoms with Crippen LogP contribution in [0.2, 0.25) is 0 Å². The van der Waals surface area contributed by atoms with Gasteiger partial charge in [-0.2, -0.15) is 0 Å². The number of hydrogen-bond acceptors (Lipinski definition) is 3. The SMILES string of the molecule is COc1cc2c(nc1C)C(=O)CCCC2. The van der Waals surface area contributed by atoms with E-state index < -0.39 is 0 Å². The molecule has 0 fully saturated rings. The van der Waals surface area contributed by atoms with Crippen molar-refractivity contribution in [1.82, 2.24) is 4.98 Å². The number of carbonyl (C=O) groups is 1. The molecule has 1 aromatic rings. The predicted molar refractivity (Wildman–Crippen MR) is 57.4 cm³/mol. The summed E-state index contributed by atoms with van der Waals surface area (Å²) >= 11 is 0. The monoisotopic (exact) mass is 205 g/mol. The number of ketones is 1. The predicted octanol–water partition coefficient (Wildman–Crippen LogP) is 2.31. The number of aryl methyl sites for hydroxylation is 2. The van der Waals surface area contributed by atoms with Crippen LogP contribution in [0.5, 0.6) is 5.75 Å². The Morgan fingerprint density at radius 2 is 2.07 bits per heavy atom. The second-order valence-corrected chi connectivity index (χ2v) is 3.91. The molecule has 1 aliphatic carbocycles. The molecule has 0 spiro atoms. The zero-order valence-electron chi connectivity index (χ0n) is 9.17. The maximum absolute atomic E-state index is 11.8. The minimum atomic E-state index is 0.174. The van der Waals surface area contributed by atoms with E-state index in [1.165, 1.54) is 0 Å². The number of nitrogens with zero attached hydrogens (tertiary/aromatic N) is 1. The number of fused-ring (bicyclic) bond motifs is 1. The molecule has 0 saturated carbocycles. The summed E-state index contributed by atoms with van der Waals surface area (Å²) < 4.78 is 5.21. The number of pyridine rings is 1. The molecule has 1 aliphatic rings. The zero-order valence-corrected chi connectivity index (χ0v) is 9.17. The van der Waals surface area contributed by atoms with Gasteiger partial charge in [0.1, 0.15) is 11.4 Å². The smallest absolute Gasteiger partial charge is 0.181 e. The van der Waals surface area contributed by atoms with Crippen LogP contribution in [0.4, 0.5) is 0 Å². The maximum atomic E-state index is 11.8. The van der Waals surface area contributed by atoms with Crippen molar-refractivity contribution in [2.24, 2.45) is 0 Å². The third kappa shape index (κ3) is 1.87. The van der Waals surface area contributed by atoms with Crippen molar-refractivity contribution in [3.05, 3.63) is 23.0 Å². The van der Waals surface area contributed by atoms with Gasteiger partial charge in [0, 0.05) is 6.42 Å². The molecule has 2 rings (SSSR count). The molecule has 0 amide bonds. The fourth-order valence-corrected chi connectivity index (χ4v) is 1.98. The highest BCUT2D eigenvalue weighted by molar-refractivity contribution is 5.96. The molecule has 3 heteroatoms. The lowest BCUT2D eigenvalue weighted by atomic mass is 10.1. The number of methoxy groups -OCH3 is 1. The number of hydrogen-bond donors (Lipinski definition) is 0. The van der Waals surface area contributed by atoms with Crippen molar-refractivity contribution in [1.29, 1.82) is 0 Å². The van der Waals surface area contributed by atoms with Gasteiger partial charge in [0.2, 0.25) is 0 Å². The van der Waals surface area contributed by atoms with Crippen LogP contribution in [-0.2, 0) is 6.42 Å². The second-order valence-electron chi connectivity index (χ2n) is 3.91. The lowest BCUT2D eigenvalue weighted by Gasteiger charge is -2.09. The first kappa shape index (κ1) is 10.1. The summed E-state index contributed by atoms with van der Waals surface area (Å²) in [6, 6.07) is 1.96. The Morgan fingerprint density at radius 3 is 2.80 bits per heavy atom. The number of aromatic nitrogens is 1. The lowest BCUT2D eigenvalue weighted by molar-refractivity contribution is 0.0977. The van der Waals surface area contributed by atoms with E-state index >= 15 is 0 Å². The molecule has 1 heterocycles. The van der Waals surface area contributed by atoms with Gasteiger partial charge < -0.3 is 4.74 Å². The lowest BCUT2D eigenvalue weighted by Crippen LogP contribution is -2.06. The molecule has 0 unspecified atom stereocenters. The van der Waals surface area contributed by atoms with Crippen molar-refractivity contribution in [2.75, 3.05) is 7.11 Å². The summed E-state index contributed by atoms with van der Waals surface area (Å²) in [4.78, 5) is 16.1. The topological polar surface area (TPSA) is 39.2 Å². The first-order valence-corrected chi connectivity index (χ1v) is 5.30. The molecule has 0 aromatic carbocycles. The third-order valence-electron chi connectivity index (χ3n) is 2.83. The highest BCUT2D eigenvalue weighted by Gasteiger charge is 2.18. The fraction of sp³-hybridized carbons (Fsp3) is 0.500. The first-order chi connectivity index (χ1) is 7.22. The molecule has 15 heavy (non-hydrogen) atoms. The van der Waals surface area contributed by atoms with Crippen LogP contribution in [-0.4, -0.2) is 17.9 Å². The molecule has 80 valence electrons. The Balaban J connectivity index is 2.51. The molecule has 0 radical (unpaired) electrons. The summed E-state index contributed by atoms with van der Waals surface area (Å²) in [7, 11) is 1.63.